The first-order valence-corrected chi connectivity index (χ1v) is 8.58. The van der Waals surface area contributed by atoms with Crippen molar-refractivity contribution in [2.24, 2.45) is 0 Å². The first kappa shape index (κ1) is 16.1. The van der Waals surface area contributed by atoms with E-state index in [0.29, 0.717) is 33.5 Å². The monoisotopic (exact) mass is 363 g/mol. The Balaban J connectivity index is 1.65. The van der Waals surface area contributed by atoms with E-state index in [1.165, 1.54) is 0 Å². The van der Waals surface area contributed by atoms with Crippen LogP contribution < -0.4 is 5.32 Å². The zero-order chi connectivity index (χ0) is 17.9. The van der Waals surface area contributed by atoms with Crippen molar-refractivity contribution in [3.8, 4) is 22.8 Å². The zero-order valence-corrected chi connectivity index (χ0v) is 14.5. The number of rotatable bonds is 4. The molecule has 0 radical (unpaired) electrons. The van der Waals surface area contributed by atoms with E-state index in [1.54, 1.807) is 13.0 Å². The summed E-state index contributed by atoms with van der Waals surface area (Å²) in [6, 6.07) is 16.8. The number of para-hydroxylation sites is 1. The molecule has 1 amide bonds. The third kappa shape index (κ3) is 3.09. The van der Waals surface area contributed by atoms with E-state index < -0.39 is 0 Å². The van der Waals surface area contributed by atoms with Gasteiger partial charge in [-0.25, -0.2) is 0 Å². The van der Waals surface area contributed by atoms with E-state index >= 15 is 0 Å². The Morgan fingerprint density at radius 3 is 2.62 bits per heavy atom. The maximum absolute atomic E-state index is 12.5. The lowest BCUT2D eigenvalue weighted by atomic mass is 10.1. The molecule has 1 N–H and O–H groups in total. The van der Waals surface area contributed by atoms with Crippen molar-refractivity contribution < 1.29 is 9.32 Å². The standard InChI is InChI=1S/C18H13N5O2S/c1-11-15(26-23-21-11)17(24)19-14-10-6-5-9-13(14)18-20-16(22-25-18)12-7-3-2-4-8-12/h2-10H,1H3,(H,19,24). The van der Waals surface area contributed by atoms with E-state index in [9.17, 15) is 4.79 Å². The van der Waals surface area contributed by atoms with Crippen molar-refractivity contribution in [2.45, 2.75) is 6.92 Å². The lowest BCUT2D eigenvalue weighted by Gasteiger charge is -2.07. The van der Waals surface area contributed by atoms with E-state index in [-0.39, 0.29) is 5.91 Å². The van der Waals surface area contributed by atoms with Crippen LogP contribution >= 0.6 is 11.5 Å². The van der Waals surface area contributed by atoms with Crippen LogP contribution in [-0.2, 0) is 0 Å². The summed E-state index contributed by atoms with van der Waals surface area (Å²) in [5.41, 5.74) is 2.67. The molecule has 26 heavy (non-hydrogen) atoms. The number of carbonyl (C=O) groups excluding carboxylic acids is 1. The summed E-state index contributed by atoms with van der Waals surface area (Å²) in [5.74, 6) is 0.552. The third-order valence-electron chi connectivity index (χ3n) is 3.72. The number of nitrogens with zero attached hydrogens (tertiary/aromatic N) is 4. The van der Waals surface area contributed by atoms with Crippen molar-refractivity contribution in [3.05, 3.63) is 65.2 Å². The van der Waals surface area contributed by atoms with Gasteiger partial charge in [0.25, 0.3) is 11.8 Å². The first-order valence-electron chi connectivity index (χ1n) is 7.81. The number of hydrogen-bond donors (Lipinski definition) is 1. The summed E-state index contributed by atoms with van der Waals surface area (Å²) in [6.07, 6.45) is 0. The Kier molecular flexibility index (Phi) is 4.24. The Labute approximate surface area is 152 Å². The number of aryl methyl sites for hydroxylation is 1. The largest absolute Gasteiger partial charge is 0.334 e. The fourth-order valence-electron chi connectivity index (χ4n) is 2.43. The molecular weight excluding hydrogens is 350 g/mol. The highest BCUT2D eigenvalue weighted by molar-refractivity contribution is 7.08. The maximum Gasteiger partial charge on any atom is 0.269 e. The van der Waals surface area contributed by atoms with Crippen LogP contribution in [0.4, 0.5) is 5.69 Å². The number of carbonyl (C=O) groups is 1. The molecule has 2 aromatic carbocycles. The second-order valence-electron chi connectivity index (χ2n) is 5.48. The molecule has 7 nitrogen and oxygen atoms in total. The van der Waals surface area contributed by atoms with Gasteiger partial charge < -0.3 is 9.84 Å². The summed E-state index contributed by atoms with van der Waals surface area (Å²) in [6.45, 7) is 1.74. The van der Waals surface area contributed by atoms with Crippen LogP contribution in [0.25, 0.3) is 22.8 Å². The SMILES string of the molecule is Cc1nnsc1C(=O)Nc1ccccc1-c1nc(-c2ccccc2)no1. The molecule has 8 heteroatoms. The summed E-state index contributed by atoms with van der Waals surface area (Å²) in [7, 11) is 0. The molecule has 4 aromatic rings. The Morgan fingerprint density at radius 1 is 1.08 bits per heavy atom. The van der Waals surface area contributed by atoms with Crippen LogP contribution in [-0.4, -0.2) is 25.6 Å². The fourth-order valence-corrected chi connectivity index (χ4v) is 2.99. The van der Waals surface area contributed by atoms with Crippen molar-refractivity contribution in [3.63, 3.8) is 0 Å². The molecule has 2 heterocycles. The van der Waals surface area contributed by atoms with Crippen LogP contribution in [0.15, 0.2) is 59.1 Å². The van der Waals surface area contributed by atoms with Crippen molar-refractivity contribution in [1.29, 1.82) is 0 Å². The lowest BCUT2D eigenvalue weighted by molar-refractivity contribution is 0.103. The molecule has 128 valence electrons. The van der Waals surface area contributed by atoms with Gasteiger partial charge in [0.15, 0.2) is 0 Å². The first-order chi connectivity index (χ1) is 12.7. The molecule has 0 saturated heterocycles. The number of aromatic nitrogens is 4. The normalized spacial score (nSPS) is 10.7. The van der Waals surface area contributed by atoms with E-state index in [4.69, 9.17) is 4.52 Å². The smallest absolute Gasteiger partial charge is 0.269 e. The van der Waals surface area contributed by atoms with E-state index in [2.05, 4.69) is 25.0 Å². The van der Waals surface area contributed by atoms with Crippen molar-refractivity contribution in [2.75, 3.05) is 5.32 Å². The van der Waals surface area contributed by atoms with Gasteiger partial charge in [-0.1, -0.05) is 52.1 Å². The van der Waals surface area contributed by atoms with Crippen LogP contribution in [0, 0.1) is 6.92 Å². The molecule has 0 unspecified atom stereocenters. The summed E-state index contributed by atoms with van der Waals surface area (Å²) in [4.78, 5) is 17.4. The number of hydrogen-bond acceptors (Lipinski definition) is 7. The molecule has 0 saturated carbocycles. The van der Waals surface area contributed by atoms with Crippen molar-refractivity contribution in [1.82, 2.24) is 19.7 Å². The third-order valence-corrected chi connectivity index (χ3v) is 4.55. The molecule has 4 rings (SSSR count). The van der Waals surface area contributed by atoms with Gasteiger partial charge in [0.2, 0.25) is 5.82 Å². The van der Waals surface area contributed by atoms with Gasteiger partial charge >= 0.3 is 0 Å². The van der Waals surface area contributed by atoms with Gasteiger partial charge in [-0.2, -0.15) is 4.98 Å². The summed E-state index contributed by atoms with van der Waals surface area (Å²) < 4.78 is 9.20. The second-order valence-corrected chi connectivity index (χ2v) is 6.23. The van der Waals surface area contributed by atoms with Gasteiger partial charge in [0.05, 0.1) is 16.9 Å². The molecule has 0 atom stereocenters. The molecule has 2 aromatic heterocycles. The van der Waals surface area contributed by atoms with E-state index in [1.807, 2.05) is 48.5 Å². The van der Waals surface area contributed by atoms with E-state index in [0.717, 1.165) is 17.1 Å². The van der Waals surface area contributed by atoms with Crippen LogP contribution in [0.5, 0.6) is 0 Å². The molecule has 0 bridgehead atoms. The van der Waals surface area contributed by atoms with Gasteiger partial charge in [0.1, 0.15) is 4.88 Å². The van der Waals surface area contributed by atoms with Crippen molar-refractivity contribution >= 4 is 23.1 Å². The summed E-state index contributed by atoms with van der Waals surface area (Å²) >= 11 is 1.06. The summed E-state index contributed by atoms with van der Waals surface area (Å²) in [5, 5.41) is 10.8. The van der Waals surface area contributed by atoms with Gasteiger partial charge in [-0.3, -0.25) is 4.79 Å². The number of nitrogens with one attached hydrogen (secondary N) is 1. The molecular formula is C18H13N5O2S. The second kappa shape index (κ2) is 6.85. The molecule has 0 aliphatic rings. The highest BCUT2D eigenvalue weighted by atomic mass is 32.1. The van der Waals surface area contributed by atoms with Gasteiger partial charge in [-0.15, -0.1) is 5.10 Å². The maximum atomic E-state index is 12.5. The minimum absolute atomic E-state index is 0.271. The van der Waals surface area contributed by atoms with Crippen LogP contribution in [0.3, 0.4) is 0 Å². The predicted molar refractivity (Wildman–Crippen MR) is 97.8 cm³/mol. The molecule has 0 aliphatic heterocycles. The Hall–Kier alpha value is -3.39. The highest BCUT2D eigenvalue weighted by Gasteiger charge is 2.18. The Morgan fingerprint density at radius 2 is 1.85 bits per heavy atom. The topological polar surface area (TPSA) is 93.8 Å². The van der Waals surface area contributed by atoms with Gasteiger partial charge in [-0.05, 0) is 30.6 Å². The minimum atomic E-state index is -0.271. The predicted octanol–water partition coefficient (Wildman–Crippen LogP) is 3.82. The average Bonchev–Trinajstić information content (AvgIpc) is 3.32. The lowest BCUT2D eigenvalue weighted by Crippen LogP contribution is -2.12. The average molecular weight is 363 g/mol. The minimum Gasteiger partial charge on any atom is -0.334 e. The zero-order valence-electron chi connectivity index (χ0n) is 13.7. The van der Waals surface area contributed by atoms with Crippen LogP contribution in [0.1, 0.15) is 15.4 Å². The quantitative estimate of drug-likeness (QED) is 0.592. The fraction of sp³-hybridized carbons (Fsp3) is 0.0556. The Bertz CT molecular complexity index is 1060. The molecule has 0 aliphatic carbocycles. The molecule has 0 spiro atoms. The van der Waals surface area contributed by atoms with Gasteiger partial charge in [0, 0.05) is 5.56 Å². The van der Waals surface area contributed by atoms with Crippen LogP contribution in [0.2, 0.25) is 0 Å². The number of benzene rings is 2. The number of amides is 1. The highest BCUT2D eigenvalue weighted by Crippen LogP contribution is 2.29. The number of anilines is 1. The molecule has 0 fully saturated rings.